The molecule has 1 saturated carbocycles. The zero-order chi connectivity index (χ0) is 24.2. The average Bonchev–Trinajstić information content (AvgIpc) is 3.19. The topological polar surface area (TPSA) is 61.8 Å². The van der Waals surface area contributed by atoms with E-state index in [2.05, 4.69) is 45.7 Å². The van der Waals surface area contributed by atoms with Gasteiger partial charge < -0.3 is 9.64 Å². The molecule has 2 saturated heterocycles. The molecule has 1 aliphatic carbocycles. The second-order valence-electron chi connectivity index (χ2n) is 10.5. The first-order valence-corrected chi connectivity index (χ1v) is 13.1. The van der Waals surface area contributed by atoms with E-state index in [9.17, 15) is 9.18 Å². The van der Waals surface area contributed by atoms with Crippen molar-refractivity contribution in [2.75, 3.05) is 31.1 Å². The molecule has 7 nitrogen and oxygen atoms in total. The number of anilines is 1. The molecule has 0 unspecified atom stereocenters. The van der Waals surface area contributed by atoms with Crippen molar-refractivity contribution in [2.24, 2.45) is 5.41 Å². The monoisotopic (exact) mass is 495 g/mol. The number of ether oxygens (including phenoxy) is 1. The summed E-state index contributed by atoms with van der Waals surface area (Å²) >= 11 is 1.50. The van der Waals surface area contributed by atoms with Gasteiger partial charge in [-0.2, -0.15) is 0 Å². The van der Waals surface area contributed by atoms with Gasteiger partial charge in [-0.15, -0.1) is 0 Å². The maximum atomic E-state index is 13.6. The number of pyridine rings is 1. The van der Waals surface area contributed by atoms with Gasteiger partial charge in [0.05, 0.1) is 22.3 Å². The van der Waals surface area contributed by atoms with Crippen LogP contribution >= 0.6 is 11.3 Å². The fourth-order valence-electron chi connectivity index (χ4n) is 6.07. The maximum Gasteiger partial charge on any atom is 0.410 e. The Morgan fingerprint density at radius 1 is 1.14 bits per heavy atom. The van der Waals surface area contributed by atoms with E-state index in [0.717, 1.165) is 47.8 Å². The fourth-order valence-corrected chi connectivity index (χ4v) is 7.08. The number of hydrogen-bond acceptors (Lipinski definition) is 7. The molecule has 1 aromatic carbocycles. The molecular formula is C26H30FN5O2S. The molecule has 35 heavy (non-hydrogen) atoms. The number of likely N-dealkylation sites (tertiary alicyclic amines) is 1. The smallest absolute Gasteiger partial charge is 0.410 e. The Morgan fingerprint density at radius 3 is 2.57 bits per heavy atom. The Balaban J connectivity index is 1.00. The summed E-state index contributed by atoms with van der Waals surface area (Å²) in [7, 11) is 0. The molecule has 3 aliphatic rings. The minimum Gasteiger partial charge on any atom is -0.446 e. The summed E-state index contributed by atoms with van der Waals surface area (Å²) in [5.41, 5.74) is 2.42. The number of carbonyl (C=O) groups is 1. The van der Waals surface area contributed by atoms with E-state index in [0.29, 0.717) is 18.5 Å². The standard InChI is InChI=1S/C26H30FN5O2S/c1-17-12-31(24-29-22-4-3-20(27)9-23(22)35-24)13-18(2)32(17)25(33)34-21-10-26(11-21)15-30(16-26)14-19-5-7-28-8-6-19/h3-9,17-18,21H,10-16H2,1-2H3/t17-,18+. The van der Waals surface area contributed by atoms with Gasteiger partial charge in [-0.1, -0.05) is 11.3 Å². The number of hydrogen-bond donors (Lipinski definition) is 0. The van der Waals surface area contributed by atoms with Gasteiger partial charge in [0.1, 0.15) is 11.9 Å². The van der Waals surface area contributed by atoms with Crippen LogP contribution in [0.15, 0.2) is 42.7 Å². The summed E-state index contributed by atoms with van der Waals surface area (Å²) in [6.45, 7) is 8.57. The first-order valence-electron chi connectivity index (χ1n) is 12.3. The number of thiazole rings is 1. The van der Waals surface area contributed by atoms with Crippen LogP contribution in [0.2, 0.25) is 0 Å². The molecule has 0 radical (unpaired) electrons. The SMILES string of the molecule is C[C@@H]1CN(c2nc3ccc(F)cc3s2)C[C@H](C)N1C(=O)OC1CC2(C1)CN(Cc1ccncc1)C2. The molecule has 2 aliphatic heterocycles. The highest BCUT2D eigenvalue weighted by molar-refractivity contribution is 7.22. The molecule has 184 valence electrons. The lowest BCUT2D eigenvalue weighted by atomic mass is 9.61. The number of carbonyl (C=O) groups excluding carboxylic acids is 1. The van der Waals surface area contributed by atoms with Gasteiger partial charge in [0.15, 0.2) is 5.13 Å². The van der Waals surface area contributed by atoms with Crippen molar-refractivity contribution in [2.45, 2.75) is 51.4 Å². The third-order valence-electron chi connectivity index (χ3n) is 7.60. The Kier molecular flexibility index (Phi) is 5.64. The van der Waals surface area contributed by atoms with Crippen molar-refractivity contribution in [1.29, 1.82) is 0 Å². The van der Waals surface area contributed by atoms with E-state index in [1.807, 2.05) is 17.3 Å². The van der Waals surface area contributed by atoms with Crippen molar-refractivity contribution in [3.05, 3.63) is 54.1 Å². The minimum atomic E-state index is -0.247. The normalized spacial score (nSPS) is 24.4. The summed E-state index contributed by atoms with van der Waals surface area (Å²) in [5.74, 6) is -0.247. The van der Waals surface area contributed by atoms with Crippen LogP contribution in [-0.2, 0) is 11.3 Å². The van der Waals surface area contributed by atoms with E-state index in [-0.39, 0.29) is 30.1 Å². The Bertz CT molecular complexity index is 1210. The predicted octanol–water partition coefficient (Wildman–Crippen LogP) is 4.53. The second kappa shape index (κ2) is 8.71. The Labute approximate surface area is 208 Å². The van der Waals surface area contributed by atoms with Crippen molar-refractivity contribution in [1.82, 2.24) is 19.8 Å². The van der Waals surface area contributed by atoms with Gasteiger partial charge in [-0.3, -0.25) is 14.8 Å². The molecule has 4 heterocycles. The summed E-state index contributed by atoms with van der Waals surface area (Å²) in [5, 5.41) is 0.875. The first-order chi connectivity index (χ1) is 16.9. The fraction of sp³-hybridized carbons (Fsp3) is 0.500. The van der Waals surface area contributed by atoms with Crippen molar-refractivity contribution < 1.29 is 13.9 Å². The lowest BCUT2D eigenvalue weighted by Gasteiger charge is -2.58. The van der Waals surface area contributed by atoms with Crippen molar-refractivity contribution in [3.8, 4) is 0 Å². The van der Waals surface area contributed by atoms with Gasteiger partial charge in [0.2, 0.25) is 0 Å². The van der Waals surface area contributed by atoms with Crippen LogP contribution in [-0.4, -0.2) is 70.2 Å². The van der Waals surface area contributed by atoms with Crippen molar-refractivity contribution in [3.63, 3.8) is 0 Å². The first kappa shape index (κ1) is 22.7. The molecule has 0 bridgehead atoms. The molecule has 2 aromatic heterocycles. The highest BCUT2D eigenvalue weighted by Gasteiger charge is 2.54. The highest BCUT2D eigenvalue weighted by atomic mass is 32.1. The molecule has 6 rings (SSSR count). The summed E-state index contributed by atoms with van der Waals surface area (Å²) < 4.78 is 20.4. The molecule has 0 N–H and O–H groups in total. The number of piperazine rings is 1. The Morgan fingerprint density at radius 2 is 1.86 bits per heavy atom. The molecule has 2 atom stereocenters. The van der Waals surface area contributed by atoms with Crippen LogP contribution in [0.25, 0.3) is 10.2 Å². The zero-order valence-electron chi connectivity index (χ0n) is 20.1. The van der Waals surface area contributed by atoms with Gasteiger partial charge >= 0.3 is 6.09 Å². The van der Waals surface area contributed by atoms with Crippen molar-refractivity contribution >= 4 is 32.8 Å². The van der Waals surface area contributed by atoms with Gasteiger partial charge in [-0.05, 0) is 62.6 Å². The number of nitrogens with zero attached hydrogens (tertiary/aromatic N) is 5. The summed E-state index contributed by atoms with van der Waals surface area (Å²) in [6.07, 6.45) is 5.40. The van der Waals surface area contributed by atoms with Gasteiger partial charge in [0.25, 0.3) is 0 Å². The average molecular weight is 496 g/mol. The number of halogens is 1. The summed E-state index contributed by atoms with van der Waals surface area (Å²) in [4.78, 5) is 28.4. The lowest BCUT2D eigenvalue weighted by Crippen LogP contribution is -2.64. The van der Waals surface area contributed by atoms with Crippen LogP contribution in [0.1, 0.15) is 32.3 Å². The third kappa shape index (κ3) is 4.36. The lowest BCUT2D eigenvalue weighted by molar-refractivity contribution is -0.137. The zero-order valence-corrected chi connectivity index (χ0v) is 20.9. The third-order valence-corrected chi connectivity index (χ3v) is 8.68. The van der Waals surface area contributed by atoms with Gasteiger partial charge in [-0.25, -0.2) is 14.2 Å². The van der Waals surface area contributed by atoms with Gasteiger partial charge in [0, 0.05) is 50.5 Å². The van der Waals surface area contributed by atoms with Crippen LogP contribution in [0.4, 0.5) is 14.3 Å². The summed E-state index contributed by atoms with van der Waals surface area (Å²) in [6, 6.07) is 8.83. The van der Waals surface area contributed by atoms with E-state index in [4.69, 9.17) is 4.74 Å². The van der Waals surface area contributed by atoms with Crippen LogP contribution in [0.5, 0.6) is 0 Å². The van der Waals surface area contributed by atoms with Crippen LogP contribution < -0.4 is 4.90 Å². The van der Waals surface area contributed by atoms with E-state index < -0.39 is 0 Å². The minimum absolute atomic E-state index is 0.00333. The molecule has 1 amide bonds. The van der Waals surface area contributed by atoms with E-state index >= 15 is 0 Å². The highest BCUT2D eigenvalue weighted by Crippen LogP contribution is 2.50. The second-order valence-corrected chi connectivity index (χ2v) is 11.5. The molecule has 9 heteroatoms. The largest absolute Gasteiger partial charge is 0.446 e. The number of rotatable bonds is 4. The number of benzene rings is 1. The molecule has 3 aromatic rings. The number of aromatic nitrogens is 2. The number of fused-ring (bicyclic) bond motifs is 1. The van der Waals surface area contributed by atoms with Crippen LogP contribution in [0.3, 0.4) is 0 Å². The Hall–Kier alpha value is -2.78. The van der Waals surface area contributed by atoms with E-state index in [1.165, 1.54) is 29.0 Å². The molecule has 3 fully saturated rings. The predicted molar refractivity (Wildman–Crippen MR) is 134 cm³/mol. The molecular weight excluding hydrogens is 465 g/mol. The maximum absolute atomic E-state index is 13.6. The van der Waals surface area contributed by atoms with Crippen LogP contribution in [0, 0.1) is 11.2 Å². The molecule has 1 spiro atoms. The number of amides is 1. The quantitative estimate of drug-likeness (QED) is 0.530. The van der Waals surface area contributed by atoms with E-state index in [1.54, 1.807) is 6.07 Å².